The molecule has 1 aromatic heterocycles. The van der Waals surface area contributed by atoms with Crippen LogP contribution < -0.4 is 0 Å². The monoisotopic (exact) mass is 272 g/mol. The van der Waals surface area contributed by atoms with E-state index in [0.29, 0.717) is 16.3 Å². The fourth-order valence-electron chi connectivity index (χ4n) is 1.56. The first kappa shape index (κ1) is 13.1. The van der Waals surface area contributed by atoms with E-state index in [4.69, 9.17) is 16.7 Å². The summed E-state index contributed by atoms with van der Waals surface area (Å²) in [6.07, 6.45) is 3.12. The van der Waals surface area contributed by atoms with E-state index < -0.39 is 0 Å². The van der Waals surface area contributed by atoms with Gasteiger partial charge >= 0.3 is 0 Å². The Labute approximate surface area is 111 Å². The smallest absolute Gasteiger partial charge is 0.136 e. The molecule has 17 heavy (non-hydrogen) atoms. The first-order valence-electron chi connectivity index (χ1n) is 5.93. The third-order valence-electron chi connectivity index (χ3n) is 2.85. The summed E-state index contributed by atoms with van der Waals surface area (Å²) in [7, 11) is 0. The molecule has 1 saturated carbocycles. The van der Waals surface area contributed by atoms with E-state index in [0.717, 1.165) is 22.8 Å². The van der Waals surface area contributed by atoms with Crippen molar-refractivity contribution in [1.29, 1.82) is 0 Å². The van der Waals surface area contributed by atoms with Crippen LogP contribution in [0.25, 0.3) is 0 Å². The Kier molecular flexibility index (Phi) is 4.28. The molecule has 0 saturated heterocycles. The first-order chi connectivity index (χ1) is 8.11. The van der Waals surface area contributed by atoms with Gasteiger partial charge in [0.05, 0.1) is 0 Å². The Balaban J connectivity index is 2.19. The van der Waals surface area contributed by atoms with E-state index in [1.54, 1.807) is 11.8 Å². The van der Waals surface area contributed by atoms with Gasteiger partial charge in [0, 0.05) is 23.3 Å². The highest BCUT2D eigenvalue weighted by Crippen LogP contribution is 2.40. The van der Waals surface area contributed by atoms with Crippen LogP contribution in [-0.2, 0) is 0 Å². The first-order valence-corrected chi connectivity index (χ1v) is 7.19. The van der Waals surface area contributed by atoms with E-state index in [1.165, 1.54) is 12.8 Å². The molecule has 0 spiro atoms. The van der Waals surface area contributed by atoms with Crippen LogP contribution in [0.3, 0.4) is 0 Å². The van der Waals surface area contributed by atoms with Gasteiger partial charge in [-0.25, -0.2) is 9.97 Å². The molecular formula is C12H17ClN2OS. The van der Waals surface area contributed by atoms with Gasteiger partial charge < -0.3 is 5.11 Å². The molecule has 1 aliphatic carbocycles. The predicted molar refractivity (Wildman–Crippen MR) is 70.8 cm³/mol. The Morgan fingerprint density at radius 2 is 2.18 bits per heavy atom. The van der Waals surface area contributed by atoms with Gasteiger partial charge in [0.25, 0.3) is 0 Å². The number of aliphatic hydroxyl groups is 1. The second kappa shape index (κ2) is 5.55. The molecule has 0 aromatic carbocycles. The summed E-state index contributed by atoms with van der Waals surface area (Å²) < 4.78 is 0. The third-order valence-corrected chi connectivity index (χ3v) is 4.48. The molecule has 1 fully saturated rings. The average molecular weight is 273 g/mol. The zero-order valence-corrected chi connectivity index (χ0v) is 11.7. The fourth-order valence-corrected chi connectivity index (χ4v) is 2.81. The van der Waals surface area contributed by atoms with Crippen molar-refractivity contribution in [3.05, 3.63) is 16.5 Å². The van der Waals surface area contributed by atoms with Crippen molar-refractivity contribution in [2.45, 2.75) is 49.3 Å². The second-order valence-corrected chi connectivity index (χ2v) is 6.30. The van der Waals surface area contributed by atoms with Gasteiger partial charge in [-0.3, -0.25) is 0 Å². The molecule has 1 N–H and O–H groups in total. The van der Waals surface area contributed by atoms with Crippen LogP contribution in [0.15, 0.2) is 5.03 Å². The van der Waals surface area contributed by atoms with Crippen molar-refractivity contribution in [1.82, 2.24) is 9.97 Å². The molecule has 1 unspecified atom stereocenters. The summed E-state index contributed by atoms with van der Waals surface area (Å²) in [5.74, 6) is 1.40. The number of aliphatic hydroxyl groups excluding tert-OH is 1. The Hall–Kier alpha value is -0.320. The van der Waals surface area contributed by atoms with Gasteiger partial charge in [-0.05, 0) is 26.2 Å². The number of hydrogen-bond donors (Lipinski definition) is 1. The molecule has 1 aromatic rings. The minimum absolute atomic E-state index is 0.210. The summed E-state index contributed by atoms with van der Waals surface area (Å²) >= 11 is 7.81. The van der Waals surface area contributed by atoms with Gasteiger partial charge in [-0.2, -0.15) is 0 Å². The molecule has 5 heteroatoms. The van der Waals surface area contributed by atoms with Gasteiger partial charge in [-0.1, -0.05) is 18.5 Å². The molecule has 0 aliphatic heterocycles. The predicted octanol–water partition coefficient (Wildman–Crippen LogP) is 3.18. The van der Waals surface area contributed by atoms with Crippen LogP contribution in [0.4, 0.5) is 0 Å². The molecule has 1 heterocycles. The van der Waals surface area contributed by atoms with E-state index in [9.17, 15) is 0 Å². The maximum atomic E-state index is 8.92. The standard InChI is InChI=1S/C12H17ClN2OS/c1-7(5-6-16)17-12-8(2)10(13)14-11(15-12)9-3-4-9/h7,9,16H,3-6H2,1-2H3. The van der Waals surface area contributed by atoms with Crippen LogP contribution in [0.1, 0.15) is 43.5 Å². The van der Waals surface area contributed by atoms with Crippen molar-refractivity contribution in [2.75, 3.05) is 6.61 Å². The lowest BCUT2D eigenvalue weighted by Crippen LogP contribution is -2.04. The third kappa shape index (κ3) is 3.33. The Morgan fingerprint density at radius 1 is 1.47 bits per heavy atom. The molecule has 1 aliphatic rings. The van der Waals surface area contributed by atoms with Crippen molar-refractivity contribution < 1.29 is 5.11 Å². The molecule has 3 nitrogen and oxygen atoms in total. The second-order valence-electron chi connectivity index (χ2n) is 4.52. The van der Waals surface area contributed by atoms with Crippen LogP contribution in [0.5, 0.6) is 0 Å². The SMILES string of the molecule is Cc1c(Cl)nc(C2CC2)nc1SC(C)CCO. The normalized spacial score (nSPS) is 17.2. The van der Waals surface area contributed by atoms with Gasteiger partial charge in [0.2, 0.25) is 0 Å². The molecule has 2 rings (SSSR count). The number of halogens is 1. The van der Waals surface area contributed by atoms with Gasteiger partial charge in [0.1, 0.15) is 16.0 Å². The zero-order valence-electron chi connectivity index (χ0n) is 10.1. The minimum Gasteiger partial charge on any atom is -0.396 e. The summed E-state index contributed by atoms with van der Waals surface area (Å²) in [5.41, 5.74) is 0.950. The van der Waals surface area contributed by atoms with Crippen molar-refractivity contribution in [3.63, 3.8) is 0 Å². The van der Waals surface area contributed by atoms with Gasteiger partial charge in [0.15, 0.2) is 0 Å². The summed E-state index contributed by atoms with van der Waals surface area (Å²) in [6.45, 7) is 4.25. The van der Waals surface area contributed by atoms with Crippen molar-refractivity contribution in [3.8, 4) is 0 Å². The topological polar surface area (TPSA) is 46.0 Å². The average Bonchev–Trinajstić information content (AvgIpc) is 3.08. The molecule has 0 amide bonds. The number of rotatable bonds is 5. The lowest BCUT2D eigenvalue weighted by Gasteiger charge is -2.12. The number of thioether (sulfide) groups is 1. The Bertz CT molecular complexity index is 410. The lowest BCUT2D eigenvalue weighted by atomic mass is 10.3. The van der Waals surface area contributed by atoms with E-state index in [2.05, 4.69) is 16.9 Å². The fraction of sp³-hybridized carbons (Fsp3) is 0.667. The molecule has 0 bridgehead atoms. The summed E-state index contributed by atoms with van der Waals surface area (Å²) in [6, 6.07) is 0. The van der Waals surface area contributed by atoms with Crippen LogP contribution in [0, 0.1) is 6.92 Å². The number of aromatic nitrogens is 2. The lowest BCUT2D eigenvalue weighted by molar-refractivity contribution is 0.289. The number of hydrogen-bond acceptors (Lipinski definition) is 4. The summed E-state index contributed by atoms with van der Waals surface area (Å²) in [5, 5.41) is 10.8. The summed E-state index contributed by atoms with van der Waals surface area (Å²) in [4.78, 5) is 8.94. The van der Waals surface area contributed by atoms with E-state index in [-0.39, 0.29) is 6.61 Å². The zero-order chi connectivity index (χ0) is 12.4. The van der Waals surface area contributed by atoms with E-state index >= 15 is 0 Å². The molecule has 0 radical (unpaired) electrons. The van der Waals surface area contributed by atoms with Crippen molar-refractivity contribution in [2.24, 2.45) is 0 Å². The maximum absolute atomic E-state index is 8.92. The highest BCUT2D eigenvalue weighted by atomic mass is 35.5. The largest absolute Gasteiger partial charge is 0.396 e. The van der Waals surface area contributed by atoms with Crippen LogP contribution in [-0.4, -0.2) is 26.9 Å². The minimum atomic E-state index is 0.210. The highest BCUT2D eigenvalue weighted by Gasteiger charge is 2.28. The molecular weight excluding hydrogens is 256 g/mol. The quantitative estimate of drug-likeness (QED) is 0.661. The Morgan fingerprint density at radius 3 is 2.76 bits per heavy atom. The maximum Gasteiger partial charge on any atom is 0.136 e. The van der Waals surface area contributed by atoms with Crippen molar-refractivity contribution >= 4 is 23.4 Å². The number of nitrogens with zero attached hydrogens (tertiary/aromatic N) is 2. The van der Waals surface area contributed by atoms with Crippen LogP contribution in [0.2, 0.25) is 5.15 Å². The molecule has 94 valence electrons. The molecule has 1 atom stereocenters. The highest BCUT2D eigenvalue weighted by molar-refractivity contribution is 7.99. The van der Waals surface area contributed by atoms with Crippen LogP contribution >= 0.6 is 23.4 Å². The van der Waals surface area contributed by atoms with Gasteiger partial charge in [-0.15, -0.1) is 11.8 Å². The van der Waals surface area contributed by atoms with E-state index in [1.807, 2.05) is 6.92 Å².